The molecule has 0 N–H and O–H groups in total. The molecule has 0 aromatic carbocycles. The Balaban J connectivity index is 2.02. The lowest BCUT2D eigenvalue weighted by Gasteiger charge is -2.03. The Morgan fingerprint density at radius 2 is 2.31 bits per heavy atom. The largest absolute Gasteiger partial charge is 0.371 e. The minimum absolute atomic E-state index is 0.173. The van der Waals surface area contributed by atoms with Crippen molar-refractivity contribution in [3.05, 3.63) is 10.8 Å². The Morgan fingerprint density at radius 1 is 1.44 bits per heavy atom. The minimum atomic E-state index is 0.173. The second-order valence-electron chi connectivity index (χ2n) is 4.35. The predicted molar refractivity (Wildman–Crippen MR) is 60.7 cm³/mol. The lowest BCUT2D eigenvalue weighted by molar-refractivity contribution is 0.111. The van der Waals surface area contributed by atoms with E-state index < -0.39 is 0 Å². The number of hydrogen-bond acceptors (Lipinski definition) is 5. The van der Waals surface area contributed by atoms with Gasteiger partial charge in [-0.25, -0.2) is 0 Å². The van der Waals surface area contributed by atoms with E-state index in [0.717, 1.165) is 35.2 Å². The topological polar surface area (TPSA) is 52.3 Å². The Kier molecular flexibility index (Phi) is 2.40. The highest BCUT2D eigenvalue weighted by Crippen LogP contribution is 2.31. The summed E-state index contributed by atoms with van der Waals surface area (Å²) in [5, 5.41) is 13.9. The molecule has 1 aliphatic heterocycles. The first-order valence-electron chi connectivity index (χ1n) is 5.59. The summed E-state index contributed by atoms with van der Waals surface area (Å²) < 4.78 is 7.48. The monoisotopic (exact) mass is 238 g/mol. The van der Waals surface area contributed by atoms with Gasteiger partial charge in [0.2, 0.25) is 4.96 Å². The quantitative estimate of drug-likeness (QED) is 0.804. The Hall–Kier alpha value is -1.01. The Labute approximate surface area is 97.4 Å². The number of fused-ring (bicyclic) bond motifs is 1. The maximum atomic E-state index is 5.62. The first kappa shape index (κ1) is 10.2. The summed E-state index contributed by atoms with van der Waals surface area (Å²) in [6.45, 7) is 5.05. The lowest BCUT2D eigenvalue weighted by Crippen LogP contribution is -2.01. The van der Waals surface area contributed by atoms with E-state index in [0.29, 0.717) is 5.92 Å². The molecule has 0 aliphatic carbocycles. The highest BCUT2D eigenvalue weighted by molar-refractivity contribution is 7.16. The van der Waals surface area contributed by atoms with Crippen molar-refractivity contribution < 1.29 is 4.74 Å². The third-order valence-corrected chi connectivity index (χ3v) is 3.74. The molecule has 0 radical (unpaired) electrons. The summed E-state index contributed by atoms with van der Waals surface area (Å²) in [5.41, 5.74) is 0. The zero-order valence-corrected chi connectivity index (χ0v) is 10.2. The molecule has 86 valence electrons. The van der Waals surface area contributed by atoms with Crippen molar-refractivity contribution >= 4 is 16.3 Å². The van der Waals surface area contributed by atoms with Gasteiger partial charge < -0.3 is 4.74 Å². The van der Waals surface area contributed by atoms with Gasteiger partial charge >= 0.3 is 0 Å². The zero-order chi connectivity index (χ0) is 11.1. The first-order valence-corrected chi connectivity index (χ1v) is 6.41. The molecule has 5 nitrogen and oxygen atoms in total. The van der Waals surface area contributed by atoms with Gasteiger partial charge in [-0.05, 0) is 12.8 Å². The molecule has 2 aromatic rings. The van der Waals surface area contributed by atoms with Crippen LogP contribution in [0.25, 0.3) is 4.96 Å². The normalized spacial score (nSPS) is 21.3. The molecule has 0 bridgehead atoms. The molecule has 2 aromatic heterocycles. The van der Waals surface area contributed by atoms with Crippen LogP contribution < -0.4 is 0 Å². The number of nitrogens with zero attached hydrogens (tertiary/aromatic N) is 4. The second-order valence-corrected chi connectivity index (χ2v) is 5.34. The van der Waals surface area contributed by atoms with Gasteiger partial charge in [0.25, 0.3) is 0 Å². The van der Waals surface area contributed by atoms with E-state index in [1.165, 1.54) is 0 Å². The molecular weight excluding hydrogens is 224 g/mol. The molecule has 0 unspecified atom stereocenters. The molecule has 0 spiro atoms. The van der Waals surface area contributed by atoms with Gasteiger partial charge in [-0.2, -0.15) is 9.61 Å². The standard InChI is InChI=1S/C10H14N4OS/c1-6(2)8-11-12-10-14(8)13-9(16-10)7-4-3-5-15-7/h6-7H,3-5H2,1-2H3/t7-/m1/s1. The van der Waals surface area contributed by atoms with Gasteiger partial charge in [-0.1, -0.05) is 25.2 Å². The summed E-state index contributed by atoms with van der Waals surface area (Å²) in [7, 11) is 0. The summed E-state index contributed by atoms with van der Waals surface area (Å²) in [5.74, 6) is 1.27. The molecule has 1 atom stereocenters. The summed E-state index contributed by atoms with van der Waals surface area (Å²) in [6.07, 6.45) is 2.37. The number of ether oxygens (including phenoxy) is 1. The second kappa shape index (κ2) is 3.78. The van der Waals surface area contributed by atoms with Crippen LogP contribution in [-0.2, 0) is 4.74 Å². The van der Waals surface area contributed by atoms with E-state index in [2.05, 4.69) is 29.1 Å². The SMILES string of the molecule is CC(C)c1nnc2sc([C@H]3CCCO3)nn12. The van der Waals surface area contributed by atoms with Crippen LogP contribution in [0.4, 0.5) is 0 Å². The van der Waals surface area contributed by atoms with Gasteiger partial charge in [0.1, 0.15) is 11.1 Å². The van der Waals surface area contributed by atoms with Gasteiger partial charge in [0.15, 0.2) is 5.82 Å². The fourth-order valence-electron chi connectivity index (χ4n) is 1.91. The van der Waals surface area contributed by atoms with E-state index in [-0.39, 0.29) is 6.10 Å². The van der Waals surface area contributed by atoms with Crippen LogP contribution in [0.5, 0.6) is 0 Å². The van der Waals surface area contributed by atoms with Crippen molar-refractivity contribution in [1.82, 2.24) is 19.8 Å². The third-order valence-electron chi connectivity index (χ3n) is 2.75. The van der Waals surface area contributed by atoms with Crippen LogP contribution in [0.3, 0.4) is 0 Å². The molecule has 3 rings (SSSR count). The number of aromatic nitrogens is 4. The van der Waals surface area contributed by atoms with Crippen LogP contribution in [0, 0.1) is 0 Å². The van der Waals surface area contributed by atoms with Crippen molar-refractivity contribution in [1.29, 1.82) is 0 Å². The van der Waals surface area contributed by atoms with E-state index >= 15 is 0 Å². The highest BCUT2D eigenvalue weighted by atomic mass is 32.1. The molecule has 16 heavy (non-hydrogen) atoms. The smallest absolute Gasteiger partial charge is 0.234 e. The fourth-order valence-corrected chi connectivity index (χ4v) is 2.84. The van der Waals surface area contributed by atoms with E-state index in [9.17, 15) is 0 Å². The molecule has 1 fully saturated rings. The van der Waals surface area contributed by atoms with E-state index in [1.807, 2.05) is 4.52 Å². The van der Waals surface area contributed by atoms with Crippen molar-refractivity contribution in [2.75, 3.05) is 6.61 Å². The van der Waals surface area contributed by atoms with Gasteiger partial charge in [0, 0.05) is 12.5 Å². The van der Waals surface area contributed by atoms with E-state index in [4.69, 9.17) is 4.74 Å². The number of rotatable bonds is 2. The summed E-state index contributed by atoms with van der Waals surface area (Å²) in [6, 6.07) is 0. The van der Waals surface area contributed by atoms with Gasteiger partial charge in [-0.3, -0.25) is 0 Å². The van der Waals surface area contributed by atoms with Crippen molar-refractivity contribution in [2.45, 2.75) is 38.7 Å². The molecule has 0 saturated carbocycles. The molecule has 3 heterocycles. The molecule has 1 aliphatic rings. The third kappa shape index (κ3) is 1.53. The van der Waals surface area contributed by atoms with E-state index in [1.54, 1.807) is 11.3 Å². The minimum Gasteiger partial charge on any atom is -0.371 e. The lowest BCUT2D eigenvalue weighted by atomic mass is 10.2. The predicted octanol–water partition coefficient (Wildman–Crippen LogP) is 2.16. The molecule has 1 saturated heterocycles. The van der Waals surface area contributed by atoms with Gasteiger partial charge in [-0.15, -0.1) is 10.2 Å². The zero-order valence-electron chi connectivity index (χ0n) is 9.38. The first-order chi connectivity index (χ1) is 7.75. The van der Waals surface area contributed by atoms with Crippen LogP contribution >= 0.6 is 11.3 Å². The molecular formula is C10H14N4OS. The van der Waals surface area contributed by atoms with Crippen LogP contribution in [0.15, 0.2) is 0 Å². The van der Waals surface area contributed by atoms with Crippen molar-refractivity contribution in [2.24, 2.45) is 0 Å². The average molecular weight is 238 g/mol. The van der Waals surface area contributed by atoms with Gasteiger partial charge in [0.05, 0.1) is 0 Å². The summed E-state index contributed by atoms with van der Waals surface area (Å²) in [4.78, 5) is 0.870. The highest BCUT2D eigenvalue weighted by Gasteiger charge is 2.23. The van der Waals surface area contributed by atoms with Crippen LogP contribution in [-0.4, -0.2) is 26.4 Å². The van der Waals surface area contributed by atoms with Crippen LogP contribution in [0.1, 0.15) is 49.5 Å². The Morgan fingerprint density at radius 3 is 3.00 bits per heavy atom. The molecule has 0 amide bonds. The van der Waals surface area contributed by atoms with Crippen molar-refractivity contribution in [3.8, 4) is 0 Å². The average Bonchev–Trinajstić information content (AvgIpc) is 2.92. The molecule has 6 heteroatoms. The fraction of sp³-hybridized carbons (Fsp3) is 0.700. The van der Waals surface area contributed by atoms with Crippen molar-refractivity contribution in [3.63, 3.8) is 0 Å². The van der Waals surface area contributed by atoms with Crippen LogP contribution in [0.2, 0.25) is 0 Å². The Bertz CT molecular complexity index is 498. The summed E-state index contributed by atoms with van der Waals surface area (Å²) >= 11 is 1.59. The number of hydrogen-bond donors (Lipinski definition) is 0. The maximum absolute atomic E-state index is 5.62. The maximum Gasteiger partial charge on any atom is 0.234 e.